The molecular weight excluding hydrogens is 263 g/mol. The molecule has 1 aromatic rings. The Morgan fingerprint density at radius 3 is 2.55 bits per heavy atom. The van der Waals surface area contributed by atoms with Crippen molar-refractivity contribution in [2.24, 2.45) is 5.92 Å². The average molecular weight is 278 g/mol. The molecule has 2 unspecified atom stereocenters. The Kier molecular flexibility index (Phi) is 4.34. The summed E-state index contributed by atoms with van der Waals surface area (Å²) in [6.45, 7) is 0.283. The van der Waals surface area contributed by atoms with Gasteiger partial charge in [-0.25, -0.2) is 9.18 Å². The van der Waals surface area contributed by atoms with Crippen molar-refractivity contribution >= 4 is 12.0 Å². The summed E-state index contributed by atoms with van der Waals surface area (Å²) in [5.41, 5.74) is 0.784. The van der Waals surface area contributed by atoms with Gasteiger partial charge in [-0.05, 0) is 24.1 Å². The molecule has 2 amide bonds. The minimum atomic E-state index is -0.891. The van der Waals surface area contributed by atoms with E-state index >= 15 is 0 Å². The molecule has 5 nitrogen and oxygen atoms in total. The highest BCUT2D eigenvalue weighted by atomic mass is 19.1. The molecule has 3 N–H and O–H groups in total. The number of amides is 2. The second-order valence-electron chi connectivity index (χ2n) is 4.63. The SMILES string of the molecule is O=C(NCc1ccc(F)cc1)NC1C=CC(C(=O)O)C1. The molecule has 0 aromatic heterocycles. The summed E-state index contributed by atoms with van der Waals surface area (Å²) in [6.07, 6.45) is 3.61. The van der Waals surface area contributed by atoms with Gasteiger partial charge in [0.25, 0.3) is 0 Å². The lowest BCUT2D eigenvalue weighted by Crippen LogP contribution is -2.40. The standard InChI is InChI=1S/C14H15FN2O3/c15-11-4-1-9(2-5-11)8-16-14(20)17-12-6-3-10(7-12)13(18)19/h1-6,10,12H,7-8H2,(H,18,19)(H2,16,17,20). The lowest BCUT2D eigenvalue weighted by atomic mass is 10.1. The molecule has 0 saturated carbocycles. The van der Waals surface area contributed by atoms with E-state index in [-0.39, 0.29) is 24.4 Å². The number of benzene rings is 1. The minimum absolute atomic E-state index is 0.274. The van der Waals surface area contributed by atoms with Crippen molar-refractivity contribution in [1.29, 1.82) is 0 Å². The van der Waals surface area contributed by atoms with Gasteiger partial charge in [-0.3, -0.25) is 4.79 Å². The average Bonchev–Trinajstić information content (AvgIpc) is 2.87. The monoisotopic (exact) mass is 278 g/mol. The van der Waals surface area contributed by atoms with Gasteiger partial charge in [-0.15, -0.1) is 0 Å². The summed E-state index contributed by atoms with van der Waals surface area (Å²) in [6, 6.07) is 5.18. The minimum Gasteiger partial charge on any atom is -0.481 e. The van der Waals surface area contributed by atoms with E-state index in [1.165, 1.54) is 12.1 Å². The van der Waals surface area contributed by atoms with Crippen molar-refractivity contribution in [3.63, 3.8) is 0 Å². The Bertz CT molecular complexity index is 528. The second-order valence-corrected chi connectivity index (χ2v) is 4.63. The van der Waals surface area contributed by atoms with E-state index in [1.807, 2.05) is 0 Å². The number of carboxylic acid groups (broad SMARTS) is 1. The Balaban J connectivity index is 1.75. The van der Waals surface area contributed by atoms with Crippen LogP contribution >= 0.6 is 0 Å². The predicted molar refractivity (Wildman–Crippen MR) is 70.4 cm³/mol. The lowest BCUT2D eigenvalue weighted by Gasteiger charge is -2.13. The van der Waals surface area contributed by atoms with Gasteiger partial charge < -0.3 is 15.7 Å². The van der Waals surface area contributed by atoms with Gasteiger partial charge in [0.2, 0.25) is 0 Å². The van der Waals surface area contributed by atoms with Gasteiger partial charge in [0.1, 0.15) is 5.82 Å². The van der Waals surface area contributed by atoms with E-state index in [1.54, 1.807) is 24.3 Å². The van der Waals surface area contributed by atoms with Crippen molar-refractivity contribution in [2.45, 2.75) is 19.0 Å². The third-order valence-electron chi connectivity index (χ3n) is 3.08. The fourth-order valence-electron chi connectivity index (χ4n) is 1.99. The van der Waals surface area contributed by atoms with Gasteiger partial charge in [-0.2, -0.15) is 0 Å². The van der Waals surface area contributed by atoms with E-state index in [2.05, 4.69) is 10.6 Å². The number of rotatable bonds is 4. The van der Waals surface area contributed by atoms with Crippen LogP contribution in [0.4, 0.5) is 9.18 Å². The fourth-order valence-corrected chi connectivity index (χ4v) is 1.99. The first-order valence-corrected chi connectivity index (χ1v) is 6.24. The number of carbonyl (C=O) groups is 2. The van der Waals surface area contributed by atoms with E-state index in [9.17, 15) is 14.0 Å². The van der Waals surface area contributed by atoms with Crippen LogP contribution in [-0.2, 0) is 11.3 Å². The Hall–Kier alpha value is -2.37. The zero-order valence-electron chi connectivity index (χ0n) is 10.7. The molecule has 1 aliphatic rings. The van der Waals surface area contributed by atoms with Crippen LogP contribution in [0.1, 0.15) is 12.0 Å². The zero-order valence-corrected chi connectivity index (χ0v) is 10.7. The molecule has 0 aliphatic heterocycles. The summed E-state index contributed by atoms with van der Waals surface area (Å²) in [7, 11) is 0. The second kappa shape index (κ2) is 6.18. The molecule has 2 atom stereocenters. The van der Waals surface area contributed by atoms with Gasteiger partial charge in [0.05, 0.1) is 12.0 Å². The molecule has 1 aromatic carbocycles. The molecule has 6 heteroatoms. The predicted octanol–water partition coefficient (Wildman–Crippen LogP) is 1.65. The molecule has 1 aliphatic carbocycles. The van der Waals surface area contributed by atoms with Crippen molar-refractivity contribution in [3.05, 3.63) is 47.8 Å². The third-order valence-corrected chi connectivity index (χ3v) is 3.08. The molecular formula is C14H15FN2O3. The number of nitrogens with one attached hydrogen (secondary N) is 2. The number of hydrogen-bond donors (Lipinski definition) is 3. The molecule has 0 radical (unpaired) electrons. The van der Waals surface area contributed by atoms with E-state index in [0.29, 0.717) is 6.42 Å². The maximum atomic E-state index is 12.7. The zero-order chi connectivity index (χ0) is 14.5. The number of carboxylic acids is 1. The van der Waals surface area contributed by atoms with Crippen LogP contribution in [0.3, 0.4) is 0 Å². The molecule has 0 spiro atoms. The number of halogens is 1. The van der Waals surface area contributed by atoms with E-state index < -0.39 is 11.9 Å². The van der Waals surface area contributed by atoms with Crippen LogP contribution in [0.15, 0.2) is 36.4 Å². The highest BCUT2D eigenvalue weighted by molar-refractivity contribution is 5.76. The first kappa shape index (κ1) is 14.0. The largest absolute Gasteiger partial charge is 0.481 e. The third kappa shape index (κ3) is 3.81. The maximum Gasteiger partial charge on any atom is 0.315 e. The van der Waals surface area contributed by atoms with Crippen molar-refractivity contribution in [3.8, 4) is 0 Å². The summed E-state index contributed by atoms with van der Waals surface area (Å²) >= 11 is 0. The molecule has 0 fully saturated rings. The molecule has 2 rings (SSSR count). The smallest absolute Gasteiger partial charge is 0.315 e. The molecule has 20 heavy (non-hydrogen) atoms. The number of urea groups is 1. The quantitative estimate of drug-likeness (QED) is 0.733. The number of carbonyl (C=O) groups excluding carboxylic acids is 1. The maximum absolute atomic E-state index is 12.7. The summed E-state index contributed by atoms with van der Waals surface area (Å²) in [5.74, 6) is -1.76. The summed E-state index contributed by atoms with van der Waals surface area (Å²) < 4.78 is 12.7. The van der Waals surface area contributed by atoms with Crippen LogP contribution in [0.2, 0.25) is 0 Å². The first-order valence-electron chi connectivity index (χ1n) is 6.24. The van der Waals surface area contributed by atoms with Gasteiger partial charge >= 0.3 is 12.0 Å². The van der Waals surface area contributed by atoms with E-state index in [4.69, 9.17) is 5.11 Å². The Morgan fingerprint density at radius 2 is 1.95 bits per heavy atom. The van der Waals surface area contributed by atoms with Crippen LogP contribution in [0.25, 0.3) is 0 Å². The topological polar surface area (TPSA) is 78.4 Å². The fraction of sp³-hybridized carbons (Fsp3) is 0.286. The molecule has 0 saturated heterocycles. The van der Waals surface area contributed by atoms with Crippen LogP contribution in [0.5, 0.6) is 0 Å². The van der Waals surface area contributed by atoms with Crippen molar-refractivity contribution in [1.82, 2.24) is 10.6 Å². The van der Waals surface area contributed by atoms with Crippen LogP contribution < -0.4 is 10.6 Å². The van der Waals surface area contributed by atoms with Crippen LogP contribution in [-0.4, -0.2) is 23.1 Å². The van der Waals surface area contributed by atoms with Gasteiger partial charge in [0.15, 0.2) is 0 Å². The summed E-state index contributed by atoms with van der Waals surface area (Å²) in [5, 5.41) is 14.1. The van der Waals surface area contributed by atoms with E-state index in [0.717, 1.165) is 5.56 Å². The molecule has 0 heterocycles. The van der Waals surface area contributed by atoms with Crippen molar-refractivity contribution in [2.75, 3.05) is 0 Å². The van der Waals surface area contributed by atoms with Crippen LogP contribution in [0, 0.1) is 11.7 Å². The highest BCUT2D eigenvalue weighted by Crippen LogP contribution is 2.17. The highest BCUT2D eigenvalue weighted by Gasteiger charge is 2.25. The normalized spacial score (nSPS) is 20.6. The Morgan fingerprint density at radius 1 is 1.25 bits per heavy atom. The number of hydrogen-bond acceptors (Lipinski definition) is 2. The number of aliphatic carboxylic acids is 1. The lowest BCUT2D eigenvalue weighted by molar-refractivity contribution is -0.140. The molecule has 106 valence electrons. The Labute approximate surface area is 115 Å². The summed E-state index contributed by atoms with van der Waals surface area (Å²) in [4.78, 5) is 22.4. The van der Waals surface area contributed by atoms with Gasteiger partial charge in [-0.1, -0.05) is 24.3 Å². The van der Waals surface area contributed by atoms with Crippen molar-refractivity contribution < 1.29 is 19.1 Å². The van der Waals surface area contributed by atoms with Gasteiger partial charge in [0, 0.05) is 6.54 Å². The first-order chi connectivity index (χ1) is 9.54. The molecule has 0 bridgehead atoms.